The molecule has 0 unspecified atom stereocenters. The summed E-state index contributed by atoms with van der Waals surface area (Å²) in [5.74, 6) is 0.422. The van der Waals surface area contributed by atoms with Crippen LogP contribution in [-0.4, -0.2) is 31.0 Å². The molecule has 0 amide bonds. The van der Waals surface area contributed by atoms with Gasteiger partial charge in [-0.3, -0.25) is 9.55 Å². The minimum absolute atomic E-state index is 0.00949. The first-order chi connectivity index (χ1) is 13.5. The van der Waals surface area contributed by atoms with E-state index in [-0.39, 0.29) is 16.1 Å². The molecule has 0 saturated carbocycles. The van der Waals surface area contributed by atoms with Gasteiger partial charge in [-0.15, -0.1) is 10.2 Å². The number of hydrogen-bond donors (Lipinski definition) is 1. The van der Waals surface area contributed by atoms with Crippen LogP contribution in [0.1, 0.15) is 29.7 Å². The van der Waals surface area contributed by atoms with Crippen molar-refractivity contribution >= 4 is 11.6 Å². The third kappa shape index (κ3) is 3.00. The summed E-state index contributed by atoms with van der Waals surface area (Å²) in [6.07, 6.45) is -1.69. The Morgan fingerprint density at radius 3 is 2.55 bits per heavy atom. The Labute approximate surface area is 168 Å². The van der Waals surface area contributed by atoms with Gasteiger partial charge < -0.3 is 5.11 Å². The van der Waals surface area contributed by atoms with Crippen molar-refractivity contribution in [3.8, 4) is 16.8 Å². The summed E-state index contributed by atoms with van der Waals surface area (Å²) in [6, 6.07) is 2.61. The quantitative estimate of drug-likeness (QED) is 0.621. The highest BCUT2D eigenvalue weighted by Gasteiger charge is 2.51. The van der Waals surface area contributed by atoms with E-state index in [2.05, 4.69) is 15.2 Å². The number of nitrogens with zero attached hydrogens (tertiary/aromatic N) is 4. The molecule has 5 nitrogen and oxygen atoms in total. The van der Waals surface area contributed by atoms with Crippen molar-refractivity contribution in [1.82, 2.24) is 19.7 Å². The Hall–Kier alpha value is -2.52. The summed E-state index contributed by atoms with van der Waals surface area (Å²) < 4.78 is 56.4. The SMILES string of the molecule is Cc1nnc2n1-c1c(cc(-c3cncc([C@@](C)(O)C(F)(F)F)c3)c(F)c1Cl)CC2. The molecular weight excluding hydrogens is 412 g/mol. The second kappa shape index (κ2) is 6.50. The van der Waals surface area contributed by atoms with Crippen LogP contribution in [0, 0.1) is 12.7 Å². The zero-order valence-corrected chi connectivity index (χ0v) is 16.1. The Kier molecular flexibility index (Phi) is 4.43. The first-order valence-electron chi connectivity index (χ1n) is 8.69. The zero-order valence-electron chi connectivity index (χ0n) is 15.3. The summed E-state index contributed by atoms with van der Waals surface area (Å²) in [5.41, 5.74) is -2.37. The molecule has 1 aliphatic heterocycles. The molecule has 1 aliphatic rings. The molecule has 0 bridgehead atoms. The van der Waals surface area contributed by atoms with Gasteiger partial charge in [-0.25, -0.2) is 4.39 Å². The molecule has 152 valence electrons. The summed E-state index contributed by atoms with van der Waals surface area (Å²) in [5, 5.41) is 17.8. The Balaban J connectivity index is 1.88. The first kappa shape index (κ1) is 19.8. The topological polar surface area (TPSA) is 63.8 Å². The van der Waals surface area contributed by atoms with E-state index in [1.807, 2.05) is 0 Å². The van der Waals surface area contributed by atoms with Crippen molar-refractivity contribution in [3.63, 3.8) is 0 Å². The molecule has 29 heavy (non-hydrogen) atoms. The molecule has 3 aromatic rings. The smallest absolute Gasteiger partial charge is 0.376 e. The normalized spacial score (nSPS) is 15.6. The van der Waals surface area contributed by atoms with Crippen LogP contribution in [0.4, 0.5) is 17.6 Å². The maximum atomic E-state index is 15.2. The predicted octanol–water partition coefficient (Wildman–Crippen LogP) is 4.30. The van der Waals surface area contributed by atoms with Crippen LogP contribution < -0.4 is 0 Å². The highest BCUT2D eigenvalue weighted by atomic mass is 35.5. The number of benzene rings is 1. The highest BCUT2D eigenvalue weighted by Crippen LogP contribution is 2.41. The molecule has 1 aromatic carbocycles. The van der Waals surface area contributed by atoms with Crippen molar-refractivity contribution in [3.05, 3.63) is 58.1 Å². The van der Waals surface area contributed by atoms with Crippen LogP contribution in [0.15, 0.2) is 24.5 Å². The molecule has 10 heteroatoms. The van der Waals surface area contributed by atoms with Crippen LogP contribution >= 0.6 is 11.6 Å². The Morgan fingerprint density at radius 1 is 1.14 bits per heavy atom. The van der Waals surface area contributed by atoms with Crippen molar-refractivity contribution in [2.75, 3.05) is 0 Å². The maximum absolute atomic E-state index is 15.2. The fourth-order valence-corrected chi connectivity index (χ4v) is 3.74. The third-order valence-electron chi connectivity index (χ3n) is 5.16. The Bertz CT molecular complexity index is 1120. The van der Waals surface area contributed by atoms with Gasteiger partial charge in [0.05, 0.1) is 5.69 Å². The van der Waals surface area contributed by atoms with E-state index in [1.54, 1.807) is 17.6 Å². The average Bonchev–Trinajstić information content (AvgIpc) is 3.04. The van der Waals surface area contributed by atoms with Crippen LogP contribution in [0.25, 0.3) is 16.8 Å². The van der Waals surface area contributed by atoms with Crippen LogP contribution in [0.5, 0.6) is 0 Å². The minimum atomic E-state index is -4.91. The fraction of sp³-hybridized carbons (Fsp3) is 0.316. The fourth-order valence-electron chi connectivity index (χ4n) is 3.43. The summed E-state index contributed by atoms with van der Waals surface area (Å²) in [7, 11) is 0. The number of halogens is 5. The van der Waals surface area contributed by atoms with Crippen molar-refractivity contribution < 1.29 is 22.7 Å². The highest BCUT2D eigenvalue weighted by molar-refractivity contribution is 6.33. The summed E-state index contributed by atoms with van der Waals surface area (Å²) >= 11 is 6.32. The standard InChI is InChI=1S/C19H15ClF4N4O/c1-9-26-27-14-4-3-10-6-13(16(21)15(20)17(10)28(9)14)11-5-12(8-25-7-11)18(2,29)19(22,23)24/h5-8,29H,3-4H2,1-2H3/t18-/m1/s1. The molecular formula is C19H15ClF4N4O. The van der Waals surface area contributed by atoms with Gasteiger partial charge in [-0.2, -0.15) is 13.2 Å². The number of rotatable bonds is 2. The van der Waals surface area contributed by atoms with Crippen molar-refractivity contribution in [2.45, 2.75) is 38.5 Å². The van der Waals surface area contributed by atoms with Gasteiger partial charge in [-0.05, 0) is 38.0 Å². The van der Waals surface area contributed by atoms with Crippen molar-refractivity contribution in [2.24, 2.45) is 0 Å². The van der Waals surface area contributed by atoms with Gasteiger partial charge in [0.15, 0.2) is 11.4 Å². The number of aliphatic hydroxyl groups is 1. The lowest BCUT2D eigenvalue weighted by molar-refractivity contribution is -0.259. The van der Waals surface area contributed by atoms with E-state index >= 15 is 4.39 Å². The lowest BCUT2D eigenvalue weighted by Gasteiger charge is -2.27. The third-order valence-corrected chi connectivity index (χ3v) is 5.50. The van der Waals surface area contributed by atoms with Gasteiger partial charge in [0.1, 0.15) is 16.7 Å². The van der Waals surface area contributed by atoms with E-state index in [1.165, 1.54) is 6.20 Å². The lowest BCUT2D eigenvalue weighted by atomic mass is 9.92. The second-order valence-corrected chi connectivity index (χ2v) is 7.47. The molecule has 0 radical (unpaired) electrons. The molecule has 1 atom stereocenters. The van der Waals surface area contributed by atoms with Gasteiger partial charge in [-0.1, -0.05) is 11.6 Å². The largest absolute Gasteiger partial charge is 0.421 e. The molecule has 4 rings (SSSR count). The number of alkyl halides is 3. The van der Waals surface area contributed by atoms with Crippen LogP contribution in [0.2, 0.25) is 5.02 Å². The van der Waals surface area contributed by atoms with Gasteiger partial charge in [0, 0.05) is 35.5 Å². The van der Waals surface area contributed by atoms with E-state index in [0.29, 0.717) is 37.1 Å². The number of aromatic nitrogens is 4. The van der Waals surface area contributed by atoms with Gasteiger partial charge >= 0.3 is 6.18 Å². The average molecular weight is 427 g/mol. The molecule has 0 saturated heterocycles. The molecule has 1 N–H and O–H groups in total. The number of fused-ring (bicyclic) bond motifs is 3. The molecule has 0 aliphatic carbocycles. The van der Waals surface area contributed by atoms with E-state index in [9.17, 15) is 18.3 Å². The van der Waals surface area contributed by atoms with Crippen molar-refractivity contribution in [1.29, 1.82) is 0 Å². The number of pyridine rings is 1. The van der Waals surface area contributed by atoms with E-state index in [4.69, 9.17) is 11.6 Å². The lowest BCUT2D eigenvalue weighted by Crippen LogP contribution is -2.39. The van der Waals surface area contributed by atoms with Crippen LogP contribution in [0.3, 0.4) is 0 Å². The number of aryl methyl sites for hydroxylation is 3. The first-order valence-corrected chi connectivity index (χ1v) is 9.07. The predicted molar refractivity (Wildman–Crippen MR) is 97.3 cm³/mol. The second-order valence-electron chi connectivity index (χ2n) is 7.09. The summed E-state index contributed by atoms with van der Waals surface area (Å²) in [6.45, 7) is 2.35. The van der Waals surface area contributed by atoms with Gasteiger partial charge in [0.2, 0.25) is 0 Å². The van der Waals surface area contributed by atoms with Gasteiger partial charge in [0.25, 0.3) is 0 Å². The van der Waals surface area contributed by atoms with E-state index in [0.717, 1.165) is 17.8 Å². The Morgan fingerprint density at radius 2 is 1.86 bits per heavy atom. The molecule has 0 fully saturated rings. The van der Waals surface area contributed by atoms with Crippen LogP contribution in [-0.2, 0) is 18.4 Å². The minimum Gasteiger partial charge on any atom is -0.376 e. The monoisotopic (exact) mass is 426 g/mol. The van der Waals surface area contributed by atoms with E-state index < -0.39 is 23.2 Å². The maximum Gasteiger partial charge on any atom is 0.421 e. The zero-order chi connectivity index (χ0) is 21.1. The number of hydrogen-bond acceptors (Lipinski definition) is 4. The molecule has 0 spiro atoms. The molecule has 3 heterocycles. The summed E-state index contributed by atoms with van der Waals surface area (Å²) in [4.78, 5) is 3.77. The molecule has 2 aromatic heterocycles.